The summed E-state index contributed by atoms with van der Waals surface area (Å²) in [6.45, 7) is 7.11. The first-order valence-electron chi connectivity index (χ1n) is 19.2. The van der Waals surface area contributed by atoms with Crippen LogP contribution < -0.4 is 20.3 Å². The van der Waals surface area contributed by atoms with Gasteiger partial charge in [-0.3, -0.25) is 19.3 Å². The Bertz CT molecular complexity index is 2180. The molecule has 2 fully saturated rings. The van der Waals surface area contributed by atoms with E-state index >= 15 is 4.79 Å². The number of aliphatic hydroxyl groups is 1. The Kier molecular flexibility index (Phi) is 11.5. The van der Waals surface area contributed by atoms with Crippen molar-refractivity contribution in [2.24, 2.45) is 11.8 Å². The summed E-state index contributed by atoms with van der Waals surface area (Å²) >= 11 is 0. The number of hydrogen-bond acceptors (Lipinski definition) is 10. The number of benzene rings is 4. The monoisotopic (exact) mass is 786 g/mol. The van der Waals surface area contributed by atoms with Crippen LogP contribution in [0.15, 0.2) is 122 Å². The Morgan fingerprint density at radius 3 is 2.14 bits per heavy atom. The molecule has 1 spiro atoms. The van der Waals surface area contributed by atoms with Gasteiger partial charge in [-0.1, -0.05) is 111 Å². The zero-order valence-corrected chi connectivity index (χ0v) is 32.4. The number of imide groups is 1. The molecule has 0 radical (unpaired) electrons. The second-order valence-electron chi connectivity index (χ2n) is 14.8. The van der Waals surface area contributed by atoms with E-state index in [1.807, 2.05) is 65.6 Å². The van der Waals surface area contributed by atoms with E-state index in [9.17, 15) is 24.3 Å². The molecule has 0 unspecified atom stereocenters. The van der Waals surface area contributed by atoms with Crippen molar-refractivity contribution in [1.29, 1.82) is 0 Å². The van der Waals surface area contributed by atoms with Crippen molar-refractivity contribution < 1.29 is 43.3 Å². The Labute approximate surface area is 336 Å². The average molecular weight is 787 g/mol. The van der Waals surface area contributed by atoms with Crippen molar-refractivity contribution in [3.8, 4) is 5.75 Å². The highest BCUT2D eigenvalue weighted by molar-refractivity contribution is 6.25. The standard InChI is InChI=1S/C45H46N4O9/c1-5-24-46-40(51)34-37-42(53)58-38(29-16-10-7-11-17-29)36(28-14-8-6-9-15-28)49(37)39(30-20-22-31(23-21-30)57-26-25-50)45(34)32-18-12-13-19-33(32)48(43(45)54)44(55)47-35(27(2)3)41(52)56-4/h5-23,27,34-39,50H,1,24-26H2,2-4H3,(H,46,51)(H,47,55)/t34-,35+,36-,37-,38+,39+,45-/m1/s1. The molecule has 13 heteroatoms. The lowest BCUT2D eigenvalue weighted by Crippen LogP contribution is -2.57. The highest BCUT2D eigenvalue weighted by Crippen LogP contribution is 2.65. The van der Waals surface area contributed by atoms with Crippen molar-refractivity contribution in [1.82, 2.24) is 15.5 Å². The molecule has 58 heavy (non-hydrogen) atoms. The molecule has 13 nitrogen and oxygen atoms in total. The lowest BCUT2D eigenvalue weighted by molar-refractivity contribution is -0.178. The maximum atomic E-state index is 16.0. The van der Waals surface area contributed by atoms with E-state index in [1.54, 1.807) is 62.4 Å². The van der Waals surface area contributed by atoms with Gasteiger partial charge in [0.05, 0.1) is 37.4 Å². The second kappa shape index (κ2) is 16.7. The van der Waals surface area contributed by atoms with Gasteiger partial charge in [-0.25, -0.2) is 14.5 Å². The van der Waals surface area contributed by atoms with Crippen LogP contribution in [0.2, 0.25) is 0 Å². The second-order valence-corrected chi connectivity index (χ2v) is 14.8. The minimum absolute atomic E-state index is 0.0265. The van der Waals surface area contributed by atoms with Crippen LogP contribution in [0.5, 0.6) is 5.75 Å². The number of methoxy groups -OCH3 is 1. The molecule has 7 atom stereocenters. The predicted octanol–water partition coefficient (Wildman–Crippen LogP) is 4.93. The van der Waals surface area contributed by atoms with Crippen molar-refractivity contribution in [2.45, 2.75) is 49.5 Å². The molecule has 0 saturated carbocycles. The number of esters is 2. The molecule has 4 aromatic rings. The Morgan fingerprint density at radius 2 is 1.52 bits per heavy atom. The number of hydrogen-bond donors (Lipinski definition) is 3. The summed E-state index contributed by atoms with van der Waals surface area (Å²) in [5, 5.41) is 15.0. The fourth-order valence-electron chi connectivity index (χ4n) is 8.88. The molecule has 3 aliphatic rings. The molecule has 4 aromatic carbocycles. The highest BCUT2D eigenvalue weighted by atomic mass is 16.6. The topological polar surface area (TPSA) is 164 Å². The number of nitrogens with one attached hydrogen (secondary N) is 2. The van der Waals surface area contributed by atoms with Crippen LogP contribution in [0.25, 0.3) is 0 Å². The first-order valence-corrected chi connectivity index (χ1v) is 19.2. The molecule has 0 aromatic heterocycles. The molecular formula is C45H46N4O9. The first kappa shape index (κ1) is 39.9. The van der Waals surface area contributed by atoms with E-state index in [-0.39, 0.29) is 25.4 Å². The summed E-state index contributed by atoms with van der Waals surface area (Å²) in [4.78, 5) is 76.2. The summed E-state index contributed by atoms with van der Waals surface area (Å²) in [6, 6.07) is 27.2. The minimum atomic E-state index is -1.94. The number of carbonyl (C=O) groups is 5. The summed E-state index contributed by atoms with van der Waals surface area (Å²) in [5.74, 6) is -4.22. The molecule has 4 amide bonds. The van der Waals surface area contributed by atoms with Gasteiger partial charge in [0, 0.05) is 6.54 Å². The maximum absolute atomic E-state index is 16.0. The number of para-hydroxylation sites is 1. The predicted molar refractivity (Wildman–Crippen MR) is 213 cm³/mol. The molecule has 0 aliphatic carbocycles. The van der Waals surface area contributed by atoms with Crippen LogP contribution >= 0.6 is 0 Å². The molecule has 3 heterocycles. The summed E-state index contributed by atoms with van der Waals surface area (Å²) in [7, 11) is 1.21. The van der Waals surface area contributed by atoms with Crippen molar-refractivity contribution >= 4 is 35.5 Å². The largest absolute Gasteiger partial charge is 0.491 e. The van der Waals surface area contributed by atoms with Crippen LogP contribution in [0, 0.1) is 11.8 Å². The number of nitrogens with zero attached hydrogens (tertiary/aromatic N) is 2. The SMILES string of the molecule is C=CCNC(=O)[C@H]1[C@@H]2C(=O)O[C@@H](c3ccccc3)[C@@H](c3ccccc3)N2[C@@H](c2ccc(OCCO)cc2)[C@]12C(=O)N(C(=O)N[C@H](C(=O)OC)C(C)C)c1ccccc12. The van der Waals surface area contributed by atoms with Gasteiger partial charge in [0.2, 0.25) is 11.8 Å². The lowest BCUT2D eigenvalue weighted by Gasteiger charge is -2.46. The van der Waals surface area contributed by atoms with Gasteiger partial charge in [-0.05, 0) is 46.4 Å². The quantitative estimate of drug-likeness (QED) is 0.133. The van der Waals surface area contributed by atoms with E-state index in [1.165, 1.54) is 13.2 Å². The zero-order chi connectivity index (χ0) is 41.1. The van der Waals surface area contributed by atoms with E-state index < -0.39 is 77.3 Å². The number of fused-ring (bicyclic) bond motifs is 3. The van der Waals surface area contributed by atoms with Gasteiger partial charge >= 0.3 is 18.0 Å². The van der Waals surface area contributed by atoms with Gasteiger partial charge in [0.25, 0.3) is 0 Å². The number of morpholine rings is 1. The normalized spacial score (nSPS) is 24.1. The van der Waals surface area contributed by atoms with E-state index in [0.29, 0.717) is 22.4 Å². The number of ether oxygens (including phenoxy) is 3. The maximum Gasteiger partial charge on any atom is 0.329 e. The lowest BCUT2D eigenvalue weighted by atomic mass is 9.65. The summed E-state index contributed by atoms with van der Waals surface area (Å²) < 4.78 is 17.1. The molecule has 3 aliphatic heterocycles. The third-order valence-corrected chi connectivity index (χ3v) is 11.2. The van der Waals surface area contributed by atoms with Gasteiger partial charge in [-0.15, -0.1) is 6.58 Å². The van der Waals surface area contributed by atoms with E-state index in [0.717, 1.165) is 10.5 Å². The molecule has 2 saturated heterocycles. The Balaban J connectivity index is 1.53. The molecule has 300 valence electrons. The number of carbonyl (C=O) groups excluding carboxylic acids is 5. The fourth-order valence-corrected chi connectivity index (χ4v) is 8.88. The van der Waals surface area contributed by atoms with E-state index in [4.69, 9.17) is 14.2 Å². The van der Waals surface area contributed by atoms with Crippen molar-refractivity contribution in [2.75, 3.05) is 31.8 Å². The smallest absolute Gasteiger partial charge is 0.329 e. The number of aliphatic hydroxyl groups excluding tert-OH is 1. The van der Waals surface area contributed by atoms with Gasteiger partial charge in [0.1, 0.15) is 36.0 Å². The van der Waals surface area contributed by atoms with E-state index in [2.05, 4.69) is 17.2 Å². The number of cyclic esters (lactones) is 1. The van der Waals surface area contributed by atoms with Crippen molar-refractivity contribution in [3.63, 3.8) is 0 Å². The summed E-state index contributed by atoms with van der Waals surface area (Å²) in [5.41, 5.74) is 0.593. The number of rotatable bonds is 12. The Hall–Kier alpha value is -6.31. The Morgan fingerprint density at radius 1 is 0.879 bits per heavy atom. The third kappa shape index (κ3) is 6.69. The van der Waals surface area contributed by atoms with Gasteiger partial charge in [0.15, 0.2) is 0 Å². The number of urea groups is 1. The molecule has 0 bridgehead atoms. The van der Waals surface area contributed by atoms with Crippen LogP contribution in [0.1, 0.15) is 54.3 Å². The van der Waals surface area contributed by atoms with Crippen LogP contribution in [-0.4, -0.2) is 78.7 Å². The molecule has 3 N–H and O–H groups in total. The van der Waals surface area contributed by atoms with Crippen molar-refractivity contribution in [3.05, 3.63) is 144 Å². The van der Waals surface area contributed by atoms with Gasteiger partial charge in [-0.2, -0.15) is 0 Å². The average Bonchev–Trinajstić information content (AvgIpc) is 3.70. The fraction of sp³-hybridized carbons (Fsp3) is 0.311. The third-order valence-electron chi connectivity index (χ3n) is 11.2. The zero-order valence-electron chi connectivity index (χ0n) is 32.4. The highest BCUT2D eigenvalue weighted by Gasteiger charge is 2.75. The van der Waals surface area contributed by atoms with Gasteiger partial charge < -0.3 is 30.0 Å². The molecular weight excluding hydrogens is 741 g/mol. The van der Waals surface area contributed by atoms with Crippen LogP contribution in [-0.2, 0) is 34.1 Å². The minimum Gasteiger partial charge on any atom is -0.491 e. The first-order chi connectivity index (χ1) is 28.1. The van der Waals surface area contributed by atoms with Crippen LogP contribution in [0.3, 0.4) is 0 Å². The van der Waals surface area contributed by atoms with Crippen LogP contribution in [0.4, 0.5) is 10.5 Å². The number of anilines is 1. The molecule has 7 rings (SSSR count). The summed E-state index contributed by atoms with van der Waals surface area (Å²) in [6.07, 6.45) is 0.618. The number of amides is 4.